The van der Waals surface area contributed by atoms with Gasteiger partial charge in [-0.3, -0.25) is 4.79 Å². The van der Waals surface area contributed by atoms with Crippen LogP contribution in [-0.2, 0) is 14.3 Å². The van der Waals surface area contributed by atoms with Gasteiger partial charge in [0.25, 0.3) is 0 Å². The molecule has 0 aromatic carbocycles. The third-order valence-electron chi connectivity index (χ3n) is 3.98. The van der Waals surface area contributed by atoms with E-state index in [2.05, 4.69) is 6.92 Å². The number of ether oxygens (including phenoxy) is 2. The van der Waals surface area contributed by atoms with E-state index in [-0.39, 0.29) is 5.92 Å². The average molecular weight is 240 g/mol. The number of hydrogen-bond donors (Lipinski definition) is 0. The van der Waals surface area contributed by atoms with Gasteiger partial charge in [-0.25, -0.2) is 0 Å². The second kappa shape index (κ2) is 5.07. The fourth-order valence-electron chi connectivity index (χ4n) is 2.82. The topological polar surface area (TPSA) is 35.5 Å². The molecule has 2 unspecified atom stereocenters. The highest BCUT2D eigenvalue weighted by molar-refractivity contribution is 5.81. The Labute approximate surface area is 104 Å². The number of carbonyl (C=O) groups is 1. The lowest BCUT2D eigenvalue weighted by molar-refractivity contribution is -0.263. The second-order valence-electron chi connectivity index (χ2n) is 6.17. The molecule has 1 heterocycles. The zero-order chi connectivity index (χ0) is 12.5. The number of ketones is 1. The fourth-order valence-corrected chi connectivity index (χ4v) is 2.82. The van der Waals surface area contributed by atoms with Crippen LogP contribution >= 0.6 is 0 Å². The molecule has 3 nitrogen and oxygen atoms in total. The van der Waals surface area contributed by atoms with Crippen molar-refractivity contribution in [1.29, 1.82) is 0 Å². The van der Waals surface area contributed by atoms with E-state index < -0.39 is 5.79 Å². The van der Waals surface area contributed by atoms with Crippen LogP contribution < -0.4 is 0 Å². The summed E-state index contributed by atoms with van der Waals surface area (Å²) in [5.74, 6) is 1.34. The van der Waals surface area contributed by atoms with E-state index in [9.17, 15) is 4.79 Å². The van der Waals surface area contributed by atoms with Gasteiger partial charge in [0.05, 0.1) is 13.2 Å². The van der Waals surface area contributed by atoms with Gasteiger partial charge in [-0.15, -0.1) is 0 Å². The Morgan fingerprint density at radius 3 is 2.59 bits per heavy atom. The molecule has 1 aliphatic heterocycles. The molecule has 0 spiro atoms. The predicted octanol–water partition coefficient (Wildman–Crippen LogP) is 2.78. The van der Waals surface area contributed by atoms with Gasteiger partial charge in [-0.2, -0.15) is 0 Å². The van der Waals surface area contributed by atoms with Crippen molar-refractivity contribution in [3.63, 3.8) is 0 Å². The summed E-state index contributed by atoms with van der Waals surface area (Å²) in [7, 11) is 0. The molecule has 0 amide bonds. The molecule has 2 aliphatic rings. The van der Waals surface area contributed by atoms with E-state index in [0.717, 1.165) is 38.9 Å². The van der Waals surface area contributed by atoms with Gasteiger partial charge in [-0.1, -0.05) is 6.92 Å². The van der Waals surface area contributed by atoms with Crippen LogP contribution in [0.5, 0.6) is 0 Å². The number of Topliss-reactive ketones (excluding diaryl/α,β-unsaturated/α-hetero) is 1. The van der Waals surface area contributed by atoms with Gasteiger partial charge in [0.1, 0.15) is 5.78 Å². The lowest BCUT2D eigenvalue weighted by atomic mass is 9.77. The number of hydrogen-bond acceptors (Lipinski definition) is 3. The monoisotopic (exact) mass is 240 g/mol. The van der Waals surface area contributed by atoms with E-state index in [4.69, 9.17) is 9.47 Å². The maximum absolute atomic E-state index is 11.9. The van der Waals surface area contributed by atoms with Crippen molar-refractivity contribution < 1.29 is 14.3 Å². The molecule has 0 N–H and O–H groups in total. The first-order valence-electron chi connectivity index (χ1n) is 6.77. The first-order valence-corrected chi connectivity index (χ1v) is 6.77. The highest BCUT2D eigenvalue weighted by Gasteiger charge is 2.33. The molecule has 1 saturated carbocycles. The van der Waals surface area contributed by atoms with Crippen molar-refractivity contribution in [1.82, 2.24) is 0 Å². The number of carbonyl (C=O) groups excluding carboxylic acids is 1. The molecule has 0 aromatic heterocycles. The van der Waals surface area contributed by atoms with Crippen LogP contribution in [0, 0.1) is 17.8 Å². The van der Waals surface area contributed by atoms with Crippen molar-refractivity contribution in [2.75, 3.05) is 13.2 Å². The summed E-state index contributed by atoms with van der Waals surface area (Å²) < 4.78 is 11.3. The Balaban J connectivity index is 1.83. The van der Waals surface area contributed by atoms with E-state index in [1.54, 1.807) is 0 Å². The van der Waals surface area contributed by atoms with Crippen LogP contribution in [0.2, 0.25) is 0 Å². The summed E-state index contributed by atoms with van der Waals surface area (Å²) in [4.78, 5) is 11.9. The SMILES string of the molecule is CC1CCC(=O)C(CC2COC(C)(C)OC2)C1. The Hall–Kier alpha value is -0.410. The maximum Gasteiger partial charge on any atom is 0.162 e. The van der Waals surface area contributed by atoms with Crippen LogP contribution in [0.1, 0.15) is 46.5 Å². The summed E-state index contributed by atoms with van der Waals surface area (Å²) in [6.45, 7) is 7.58. The summed E-state index contributed by atoms with van der Waals surface area (Å²) in [6.07, 6.45) is 3.84. The number of rotatable bonds is 2. The molecule has 2 atom stereocenters. The Bertz CT molecular complexity index is 275. The molecule has 98 valence electrons. The normalized spacial score (nSPS) is 34.9. The fraction of sp³-hybridized carbons (Fsp3) is 0.929. The van der Waals surface area contributed by atoms with E-state index in [1.807, 2.05) is 13.8 Å². The predicted molar refractivity (Wildman–Crippen MR) is 65.6 cm³/mol. The highest BCUT2D eigenvalue weighted by atomic mass is 16.7. The Morgan fingerprint density at radius 1 is 1.29 bits per heavy atom. The Kier molecular flexibility index (Phi) is 3.88. The maximum atomic E-state index is 11.9. The van der Waals surface area contributed by atoms with Crippen LogP contribution in [-0.4, -0.2) is 24.8 Å². The van der Waals surface area contributed by atoms with Crippen LogP contribution in [0.3, 0.4) is 0 Å². The summed E-state index contributed by atoms with van der Waals surface area (Å²) >= 11 is 0. The molecule has 0 aromatic rings. The van der Waals surface area contributed by atoms with Gasteiger partial charge in [0.15, 0.2) is 5.79 Å². The molecule has 1 aliphatic carbocycles. The first kappa shape index (κ1) is 13.0. The molecule has 3 heteroatoms. The quantitative estimate of drug-likeness (QED) is 0.744. The smallest absolute Gasteiger partial charge is 0.162 e. The van der Waals surface area contributed by atoms with Gasteiger partial charge in [-0.05, 0) is 39.0 Å². The molecule has 2 rings (SSSR count). The molecular weight excluding hydrogens is 216 g/mol. The molecule has 17 heavy (non-hydrogen) atoms. The van der Waals surface area contributed by atoms with Crippen molar-refractivity contribution in [2.24, 2.45) is 17.8 Å². The second-order valence-corrected chi connectivity index (χ2v) is 6.17. The third kappa shape index (κ3) is 3.52. The largest absolute Gasteiger partial charge is 0.350 e. The molecule has 2 fully saturated rings. The van der Waals surface area contributed by atoms with Gasteiger partial charge < -0.3 is 9.47 Å². The lowest BCUT2D eigenvalue weighted by Crippen LogP contribution is -2.40. The Morgan fingerprint density at radius 2 is 1.94 bits per heavy atom. The molecular formula is C14H24O3. The summed E-state index contributed by atoms with van der Waals surface area (Å²) in [5.41, 5.74) is 0. The molecule has 1 saturated heterocycles. The van der Waals surface area contributed by atoms with Crippen molar-refractivity contribution in [3.8, 4) is 0 Å². The van der Waals surface area contributed by atoms with E-state index in [1.165, 1.54) is 0 Å². The first-order chi connectivity index (χ1) is 7.96. The average Bonchev–Trinajstić information content (AvgIpc) is 2.26. The molecule has 0 bridgehead atoms. The van der Waals surface area contributed by atoms with E-state index >= 15 is 0 Å². The highest BCUT2D eigenvalue weighted by Crippen LogP contribution is 2.32. The van der Waals surface area contributed by atoms with Gasteiger partial charge in [0.2, 0.25) is 0 Å². The molecule has 0 radical (unpaired) electrons. The lowest BCUT2D eigenvalue weighted by Gasteiger charge is -2.37. The van der Waals surface area contributed by atoms with Crippen molar-refractivity contribution in [2.45, 2.75) is 52.2 Å². The zero-order valence-corrected chi connectivity index (χ0v) is 11.2. The standard InChI is InChI=1S/C14H24O3/c1-10-4-5-13(15)12(6-10)7-11-8-16-14(2,3)17-9-11/h10-12H,4-9H2,1-3H3. The minimum atomic E-state index is -0.444. The van der Waals surface area contributed by atoms with Gasteiger partial charge in [0, 0.05) is 18.3 Å². The van der Waals surface area contributed by atoms with E-state index in [0.29, 0.717) is 17.6 Å². The van der Waals surface area contributed by atoms with Crippen molar-refractivity contribution >= 4 is 5.78 Å². The minimum Gasteiger partial charge on any atom is -0.350 e. The van der Waals surface area contributed by atoms with Crippen LogP contribution in [0.15, 0.2) is 0 Å². The zero-order valence-electron chi connectivity index (χ0n) is 11.2. The van der Waals surface area contributed by atoms with Crippen LogP contribution in [0.25, 0.3) is 0 Å². The van der Waals surface area contributed by atoms with Crippen LogP contribution in [0.4, 0.5) is 0 Å². The summed E-state index contributed by atoms with van der Waals surface area (Å²) in [6, 6.07) is 0. The van der Waals surface area contributed by atoms with Crippen molar-refractivity contribution in [3.05, 3.63) is 0 Å². The third-order valence-corrected chi connectivity index (χ3v) is 3.98. The minimum absolute atomic E-state index is 0.247. The van der Waals surface area contributed by atoms with Gasteiger partial charge >= 0.3 is 0 Å². The summed E-state index contributed by atoms with van der Waals surface area (Å²) in [5, 5.41) is 0.